The summed E-state index contributed by atoms with van der Waals surface area (Å²) in [6.45, 7) is 4.30. The van der Waals surface area contributed by atoms with Gasteiger partial charge in [-0.1, -0.05) is 30.3 Å². The van der Waals surface area contributed by atoms with E-state index in [2.05, 4.69) is 10.6 Å². The molecule has 0 saturated heterocycles. The first kappa shape index (κ1) is 19.6. The van der Waals surface area contributed by atoms with Gasteiger partial charge in [0.1, 0.15) is 5.82 Å². The number of carbonyl (C=O) groups excluding carboxylic acids is 2. The number of nitrogens with one attached hydrogen (secondary N) is 2. The standard InChI is InChI=1S/C20H24FN3O2/c1-14-6-4-7-15(2)20(14)23-18(25)11-22-19(26)13-24(3)12-16-8-5-9-17(21)10-16/h4-10H,11-13H2,1-3H3,(H,22,26)(H,23,25). The zero-order chi connectivity index (χ0) is 19.1. The fourth-order valence-electron chi connectivity index (χ4n) is 2.68. The average Bonchev–Trinajstić information content (AvgIpc) is 2.56. The van der Waals surface area contributed by atoms with E-state index in [0.717, 1.165) is 22.4 Å². The number of halogens is 1. The van der Waals surface area contributed by atoms with Crippen molar-refractivity contribution in [3.8, 4) is 0 Å². The number of nitrogens with zero attached hydrogens (tertiary/aromatic N) is 1. The lowest BCUT2D eigenvalue weighted by atomic mass is 10.1. The summed E-state index contributed by atoms with van der Waals surface area (Å²) < 4.78 is 13.2. The van der Waals surface area contributed by atoms with Crippen molar-refractivity contribution >= 4 is 17.5 Å². The summed E-state index contributed by atoms with van der Waals surface area (Å²) in [6.07, 6.45) is 0. The lowest BCUT2D eigenvalue weighted by Crippen LogP contribution is -2.39. The van der Waals surface area contributed by atoms with E-state index in [9.17, 15) is 14.0 Å². The Morgan fingerprint density at radius 2 is 1.69 bits per heavy atom. The summed E-state index contributed by atoms with van der Waals surface area (Å²) in [5, 5.41) is 5.43. The third kappa shape index (κ3) is 5.97. The van der Waals surface area contributed by atoms with Crippen molar-refractivity contribution in [2.75, 3.05) is 25.5 Å². The molecule has 0 fully saturated rings. The number of anilines is 1. The van der Waals surface area contributed by atoms with Gasteiger partial charge in [0.25, 0.3) is 0 Å². The maximum Gasteiger partial charge on any atom is 0.243 e. The third-order valence-corrected chi connectivity index (χ3v) is 3.95. The highest BCUT2D eigenvalue weighted by atomic mass is 19.1. The number of aryl methyl sites for hydroxylation is 2. The summed E-state index contributed by atoms with van der Waals surface area (Å²) >= 11 is 0. The number of carbonyl (C=O) groups is 2. The van der Waals surface area contributed by atoms with Gasteiger partial charge in [0, 0.05) is 12.2 Å². The van der Waals surface area contributed by atoms with Crippen molar-refractivity contribution in [1.82, 2.24) is 10.2 Å². The van der Waals surface area contributed by atoms with E-state index in [-0.39, 0.29) is 30.7 Å². The molecule has 0 radical (unpaired) electrons. The maximum atomic E-state index is 13.2. The zero-order valence-corrected chi connectivity index (χ0v) is 15.3. The Morgan fingerprint density at radius 1 is 1.04 bits per heavy atom. The summed E-state index contributed by atoms with van der Waals surface area (Å²) in [5.41, 5.74) is 3.50. The van der Waals surface area contributed by atoms with Crippen LogP contribution in [0.3, 0.4) is 0 Å². The molecule has 0 spiro atoms. The molecule has 0 aromatic heterocycles. The van der Waals surface area contributed by atoms with Crippen LogP contribution in [0.4, 0.5) is 10.1 Å². The highest BCUT2D eigenvalue weighted by molar-refractivity contribution is 5.95. The quantitative estimate of drug-likeness (QED) is 0.801. The average molecular weight is 357 g/mol. The fourth-order valence-corrected chi connectivity index (χ4v) is 2.68. The molecule has 0 aliphatic carbocycles. The van der Waals surface area contributed by atoms with Crippen LogP contribution < -0.4 is 10.6 Å². The van der Waals surface area contributed by atoms with Crippen molar-refractivity contribution in [3.63, 3.8) is 0 Å². The van der Waals surface area contributed by atoms with Gasteiger partial charge in [0.2, 0.25) is 11.8 Å². The minimum atomic E-state index is -0.302. The normalized spacial score (nSPS) is 10.7. The number of rotatable bonds is 7. The van der Waals surface area contributed by atoms with Gasteiger partial charge in [-0.05, 0) is 49.7 Å². The summed E-state index contributed by atoms with van der Waals surface area (Å²) in [6, 6.07) is 12.0. The van der Waals surface area contributed by atoms with Crippen molar-refractivity contribution in [2.24, 2.45) is 0 Å². The first-order chi connectivity index (χ1) is 12.3. The molecule has 0 aliphatic heterocycles. The highest BCUT2D eigenvalue weighted by Gasteiger charge is 2.11. The van der Waals surface area contributed by atoms with E-state index in [1.54, 1.807) is 24.1 Å². The Balaban J connectivity index is 1.78. The summed E-state index contributed by atoms with van der Waals surface area (Å²) in [5.74, 6) is -0.840. The van der Waals surface area contributed by atoms with Crippen LogP contribution in [0.2, 0.25) is 0 Å². The molecule has 6 heteroatoms. The predicted molar refractivity (Wildman–Crippen MR) is 100 cm³/mol. The van der Waals surface area contributed by atoms with Crippen LogP contribution in [0.1, 0.15) is 16.7 Å². The van der Waals surface area contributed by atoms with Crippen LogP contribution >= 0.6 is 0 Å². The van der Waals surface area contributed by atoms with Gasteiger partial charge in [-0.2, -0.15) is 0 Å². The molecule has 0 saturated carbocycles. The monoisotopic (exact) mass is 357 g/mol. The first-order valence-corrected chi connectivity index (χ1v) is 8.41. The third-order valence-electron chi connectivity index (χ3n) is 3.95. The van der Waals surface area contributed by atoms with Crippen LogP contribution in [0.15, 0.2) is 42.5 Å². The van der Waals surface area contributed by atoms with Crippen molar-refractivity contribution in [1.29, 1.82) is 0 Å². The molecule has 2 aromatic carbocycles. The van der Waals surface area contributed by atoms with Gasteiger partial charge < -0.3 is 10.6 Å². The highest BCUT2D eigenvalue weighted by Crippen LogP contribution is 2.18. The Morgan fingerprint density at radius 3 is 2.35 bits per heavy atom. The zero-order valence-electron chi connectivity index (χ0n) is 15.3. The molecule has 5 nitrogen and oxygen atoms in total. The Labute approximate surface area is 153 Å². The minimum Gasteiger partial charge on any atom is -0.346 e. The van der Waals surface area contributed by atoms with Crippen LogP contribution in [-0.2, 0) is 16.1 Å². The van der Waals surface area contributed by atoms with Crippen molar-refractivity contribution in [2.45, 2.75) is 20.4 Å². The number of benzene rings is 2. The van der Waals surface area contributed by atoms with Crippen LogP contribution in [0.25, 0.3) is 0 Å². The Bertz CT molecular complexity index is 772. The molecule has 0 atom stereocenters. The molecule has 2 N–H and O–H groups in total. The van der Waals surface area contributed by atoms with E-state index < -0.39 is 0 Å². The van der Waals surface area contributed by atoms with Gasteiger partial charge in [-0.15, -0.1) is 0 Å². The molecule has 2 amide bonds. The van der Waals surface area contributed by atoms with Crippen LogP contribution in [0, 0.1) is 19.7 Å². The number of hydrogen-bond donors (Lipinski definition) is 2. The SMILES string of the molecule is Cc1cccc(C)c1NC(=O)CNC(=O)CN(C)Cc1cccc(F)c1. The molecule has 0 unspecified atom stereocenters. The lowest BCUT2D eigenvalue weighted by molar-refractivity contribution is -0.124. The number of hydrogen-bond acceptors (Lipinski definition) is 3. The molecule has 26 heavy (non-hydrogen) atoms. The van der Waals surface area contributed by atoms with Crippen molar-refractivity contribution < 1.29 is 14.0 Å². The molecule has 138 valence electrons. The van der Waals surface area contributed by atoms with Crippen LogP contribution in [0.5, 0.6) is 0 Å². The molecule has 0 heterocycles. The minimum absolute atomic E-state index is 0.0968. The Kier molecular flexibility index (Phi) is 6.86. The number of amides is 2. The van der Waals surface area contributed by atoms with E-state index in [1.165, 1.54) is 12.1 Å². The van der Waals surface area contributed by atoms with E-state index in [0.29, 0.717) is 6.54 Å². The summed E-state index contributed by atoms with van der Waals surface area (Å²) in [7, 11) is 1.77. The molecule has 0 aliphatic rings. The summed E-state index contributed by atoms with van der Waals surface area (Å²) in [4.78, 5) is 25.8. The molecular formula is C20H24FN3O2. The second-order valence-corrected chi connectivity index (χ2v) is 6.39. The fraction of sp³-hybridized carbons (Fsp3) is 0.300. The topological polar surface area (TPSA) is 61.4 Å². The van der Waals surface area contributed by atoms with Crippen molar-refractivity contribution in [3.05, 3.63) is 65.0 Å². The first-order valence-electron chi connectivity index (χ1n) is 8.41. The lowest BCUT2D eigenvalue weighted by Gasteiger charge is -2.16. The molecule has 0 bridgehead atoms. The molecular weight excluding hydrogens is 333 g/mol. The second-order valence-electron chi connectivity index (χ2n) is 6.39. The maximum absolute atomic E-state index is 13.2. The van der Waals surface area contributed by atoms with E-state index >= 15 is 0 Å². The van der Waals surface area contributed by atoms with Crippen LogP contribution in [-0.4, -0.2) is 36.9 Å². The second kappa shape index (κ2) is 9.10. The number of likely N-dealkylation sites (N-methyl/N-ethyl adjacent to an activating group) is 1. The van der Waals surface area contributed by atoms with E-state index in [1.807, 2.05) is 32.0 Å². The van der Waals surface area contributed by atoms with Gasteiger partial charge in [-0.25, -0.2) is 4.39 Å². The smallest absolute Gasteiger partial charge is 0.243 e. The van der Waals surface area contributed by atoms with E-state index in [4.69, 9.17) is 0 Å². The van der Waals surface area contributed by atoms with Gasteiger partial charge in [0.15, 0.2) is 0 Å². The van der Waals surface area contributed by atoms with Gasteiger partial charge in [0.05, 0.1) is 13.1 Å². The Hall–Kier alpha value is -2.73. The molecule has 2 rings (SSSR count). The largest absolute Gasteiger partial charge is 0.346 e. The number of para-hydroxylation sites is 1. The van der Waals surface area contributed by atoms with Gasteiger partial charge in [-0.3, -0.25) is 14.5 Å². The van der Waals surface area contributed by atoms with Gasteiger partial charge >= 0.3 is 0 Å². The molecule has 2 aromatic rings. The predicted octanol–water partition coefficient (Wildman–Crippen LogP) is 2.63.